The summed E-state index contributed by atoms with van der Waals surface area (Å²) >= 11 is 0. The summed E-state index contributed by atoms with van der Waals surface area (Å²) in [6.07, 6.45) is -0.581. The van der Waals surface area contributed by atoms with Crippen molar-refractivity contribution in [2.24, 2.45) is 0 Å². The van der Waals surface area contributed by atoms with Crippen molar-refractivity contribution in [3.8, 4) is 0 Å². The lowest BCUT2D eigenvalue weighted by molar-refractivity contribution is -0.111. The highest BCUT2D eigenvalue weighted by Gasteiger charge is 1.90. The Hall–Kier alpha value is -1.58. The highest BCUT2D eigenvalue weighted by molar-refractivity contribution is 6.02. The molecule has 62 valence electrons. The quantitative estimate of drug-likeness (QED) is 0.597. The van der Waals surface area contributed by atoms with Crippen molar-refractivity contribution in [3.63, 3.8) is 0 Å². The standard InChI is InChI=1S/C6H8O.CH2O3/c1-4-6(7)5(2)3;2-1(3)4/h4H,1-2H2,3H3;(H2,2,3,4). The first-order chi connectivity index (χ1) is 4.91. The van der Waals surface area contributed by atoms with Gasteiger partial charge in [0.05, 0.1) is 0 Å². The van der Waals surface area contributed by atoms with E-state index in [0.717, 1.165) is 0 Å². The number of carbonyl (C=O) groups excluding carboxylic acids is 1. The number of allylic oxidation sites excluding steroid dienone is 2. The first kappa shape index (κ1) is 12.1. The van der Waals surface area contributed by atoms with Gasteiger partial charge in [-0.25, -0.2) is 4.79 Å². The van der Waals surface area contributed by atoms with Crippen molar-refractivity contribution >= 4 is 11.9 Å². The molecule has 11 heavy (non-hydrogen) atoms. The van der Waals surface area contributed by atoms with Crippen molar-refractivity contribution in [1.29, 1.82) is 0 Å². The van der Waals surface area contributed by atoms with Crippen LogP contribution in [0.3, 0.4) is 0 Å². The Kier molecular flexibility index (Phi) is 7.21. The van der Waals surface area contributed by atoms with Gasteiger partial charge < -0.3 is 10.2 Å². The van der Waals surface area contributed by atoms with Gasteiger partial charge >= 0.3 is 6.16 Å². The molecular formula is C7H10O4. The zero-order valence-electron chi connectivity index (χ0n) is 6.20. The van der Waals surface area contributed by atoms with Crippen LogP contribution in [-0.2, 0) is 4.79 Å². The molecule has 4 heteroatoms. The molecule has 0 amide bonds. The fourth-order valence-corrected chi connectivity index (χ4v) is 0.174. The average molecular weight is 158 g/mol. The van der Waals surface area contributed by atoms with Gasteiger partial charge in [-0.2, -0.15) is 0 Å². The number of hydrogen-bond donors (Lipinski definition) is 2. The Labute approximate surface area is 64.5 Å². The molecule has 0 aliphatic carbocycles. The molecule has 0 fully saturated rings. The van der Waals surface area contributed by atoms with Crippen molar-refractivity contribution in [2.75, 3.05) is 0 Å². The molecule has 0 aromatic heterocycles. The molecule has 0 aliphatic rings. The third-order valence-corrected chi connectivity index (χ3v) is 0.606. The van der Waals surface area contributed by atoms with E-state index in [2.05, 4.69) is 13.2 Å². The highest BCUT2D eigenvalue weighted by Crippen LogP contribution is 1.87. The minimum Gasteiger partial charge on any atom is -0.450 e. The second-order valence-electron chi connectivity index (χ2n) is 1.63. The van der Waals surface area contributed by atoms with Gasteiger partial charge in [-0.15, -0.1) is 0 Å². The van der Waals surface area contributed by atoms with Crippen LogP contribution in [0.25, 0.3) is 0 Å². The SMILES string of the molecule is C=CC(=O)C(=C)C.O=C(O)O. The predicted octanol–water partition coefficient (Wildman–Crippen LogP) is 1.54. The largest absolute Gasteiger partial charge is 0.503 e. The predicted molar refractivity (Wildman–Crippen MR) is 40.7 cm³/mol. The zero-order valence-corrected chi connectivity index (χ0v) is 6.20. The topological polar surface area (TPSA) is 74.6 Å². The van der Waals surface area contributed by atoms with Crippen molar-refractivity contribution in [3.05, 3.63) is 24.8 Å². The van der Waals surface area contributed by atoms with E-state index in [1.54, 1.807) is 6.92 Å². The van der Waals surface area contributed by atoms with Crippen LogP contribution in [0.1, 0.15) is 6.92 Å². The van der Waals surface area contributed by atoms with Gasteiger partial charge in [0, 0.05) is 0 Å². The van der Waals surface area contributed by atoms with E-state index >= 15 is 0 Å². The zero-order chi connectivity index (χ0) is 9.44. The smallest absolute Gasteiger partial charge is 0.450 e. The van der Waals surface area contributed by atoms with Crippen LogP contribution in [0, 0.1) is 0 Å². The third kappa shape index (κ3) is 17.8. The van der Waals surface area contributed by atoms with E-state index in [1.165, 1.54) is 6.08 Å². The van der Waals surface area contributed by atoms with Gasteiger partial charge in [0.1, 0.15) is 0 Å². The molecule has 0 unspecified atom stereocenters. The molecule has 4 nitrogen and oxygen atoms in total. The summed E-state index contributed by atoms with van der Waals surface area (Å²) in [6.45, 7) is 8.33. The van der Waals surface area contributed by atoms with E-state index in [1.807, 2.05) is 0 Å². The van der Waals surface area contributed by atoms with Crippen LogP contribution in [0.2, 0.25) is 0 Å². The number of carboxylic acid groups (broad SMARTS) is 2. The Morgan fingerprint density at radius 3 is 1.64 bits per heavy atom. The molecule has 0 radical (unpaired) electrons. The van der Waals surface area contributed by atoms with Crippen LogP contribution < -0.4 is 0 Å². The second kappa shape index (κ2) is 6.54. The Bertz CT molecular complexity index is 177. The fourth-order valence-electron chi connectivity index (χ4n) is 0.174. The minimum absolute atomic E-state index is 0.0833. The first-order valence-corrected chi connectivity index (χ1v) is 2.66. The summed E-state index contributed by atoms with van der Waals surface area (Å²) in [4.78, 5) is 18.8. The first-order valence-electron chi connectivity index (χ1n) is 2.66. The lowest BCUT2D eigenvalue weighted by Gasteiger charge is -1.83. The van der Waals surface area contributed by atoms with Crippen molar-refractivity contribution < 1.29 is 19.8 Å². The van der Waals surface area contributed by atoms with Crippen LogP contribution in [0.5, 0.6) is 0 Å². The van der Waals surface area contributed by atoms with Crippen molar-refractivity contribution in [2.45, 2.75) is 6.92 Å². The number of carbonyl (C=O) groups is 2. The van der Waals surface area contributed by atoms with Gasteiger partial charge in [-0.05, 0) is 18.6 Å². The average Bonchev–Trinajstić information content (AvgIpc) is 1.85. The maximum absolute atomic E-state index is 10.3. The van der Waals surface area contributed by atoms with Gasteiger partial charge in [0.2, 0.25) is 0 Å². The monoisotopic (exact) mass is 158 g/mol. The van der Waals surface area contributed by atoms with Crippen LogP contribution >= 0.6 is 0 Å². The van der Waals surface area contributed by atoms with E-state index in [9.17, 15) is 4.79 Å². The van der Waals surface area contributed by atoms with Gasteiger partial charge in [0.15, 0.2) is 5.78 Å². The molecule has 0 saturated carbocycles. The van der Waals surface area contributed by atoms with Crippen LogP contribution in [0.4, 0.5) is 4.79 Å². The Balaban J connectivity index is 0. The molecule has 0 saturated heterocycles. The maximum atomic E-state index is 10.3. The van der Waals surface area contributed by atoms with Gasteiger partial charge in [-0.3, -0.25) is 4.79 Å². The Morgan fingerprint density at radius 2 is 1.64 bits per heavy atom. The van der Waals surface area contributed by atoms with Gasteiger partial charge in [0.25, 0.3) is 0 Å². The van der Waals surface area contributed by atoms with E-state index in [0.29, 0.717) is 5.57 Å². The van der Waals surface area contributed by atoms with Crippen molar-refractivity contribution in [1.82, 2.24) is 0 Å². The third-order valence-electron chi connectivity index (χ3n) is 0.606. The number of ketones is 1. The summed E-state index contributed by atoms with van der Waals surface area (Å²) in [6, 6.07) is 0. The van der Waals surface area contributed by atoms with Crippen LogP contribution in [-0.4, -0.2) is 22.2 Å². The van der Waals surface area contributed by atoms with Crippen LogP contribution in [0.15, 0.2) is 24.8 Å². The summed E-state index contributed by atoms with van der Waals surface area (Å²) < 4.78 is 0. The summed E-state index contributed by atoms with van der Waals surface area (Å²) in [7, 11) is 0. The number of hydrogen-bond acceptors (Lipinski definition) is 2. The molecule has 0 spiro atoms. The van der Waals surface area contributed by atoms with E-state index in [4.69, 9.17) is 15.0 Å². The number of rotatable bonds is 2. The molecule has 0 heterocycles. The second-order valence-corrected chi connectivity index (χ2v) is 1.63. The normalized spacial score (nSPS) is 7.00. The molecule has 0 rings (SSSR count). The molecule has 0 bridgehead atoms. The molecule has 0 aromatic rings. The lowest BCUT2D eigenvalue weighted by Crippen LogP contribution is -1.89. The minimum atomic E-state index is -1.83. The van der Waals surface area contributed by atoms with E-state index < -0.39 is 6.16 Å². The van der Waals surface area contributed by atoms with E-state index in [-0.39, 0.29) is 5.78 Å². The lowest BCUT2D eigenvalue weighted by atomic mass is 10.2. The fraction of sp³-hybridized carbons (Fsp3) is 0.143. The maximum Gasteiger partial charge on any atom is 0.503 e. The molecule has 2 N–H and O–H groups in total. The molecule has 0 aliphatic heterocycles. The molecule has 0 atom stereocenters. The molecular weight excluding hydrogens is 148 g/mol. The highest BCUT2D eigenvalue weighted by atomic mass is 16.6. The Morgan fingerprint density at radius 1 is 1.36 bits per heavy atom. The summed E-state index contributed by atoms with van der Waals surface area (Å²) in [5, 5.41) is 13.9. The summed E-state index contributed by atoms with van der Waals surface area (Å²) in [5.41, 5.74) is 0.537. The summed E-state index contributed by atoms with van der Waals surface area (Å²) in [5.74, 6) is -0.0833. The van der Waals surface area contributed by atoms with Gasteiger partial charge in [-0.1, -0.05) is 13.2 Å². The molecule has 0 aromatic carbocycles.